The predicted octanol–water partition coefficient (Wildman–Crippen LogP) is 3.55. The van der Waals surface area contributed by atoms with Crippen LogP contribution < -0.4 is 0 Å². The minimum absolute atomic E-state index is 0.414. The van der Waals surface area contributed by atoms with Crippen molar-refractivity contribution < 1.29 is 0 Å². The molecule has 0 saturated heterocycles. The number of rotatable bonds is 4. The van der Waals surface area contributed by atoms with Gasteiger partial charge in [0.2, 0.25) is 5.16 Å². The van der Waals surface area contributed by atoms with Gasteiger partial charge in [0.05, 0.1) is 0 Å². The molecule has 1 heterocycles. The number of hydrogen-bond acceptors (Lipinski definition) is 5. The Kier molecular flexibility index (Phi) is 3.54. The summed E-state index contributed by atoms with van der Waals surface area (Å²) in [5.74, 6) is 1.35. The lowest BCUT2D eigenvalue weighted by atomic mass is 10.5. The highest BCUT2D eigenvalue weighted by molar-refractivity contribution is 8.01. The van der Waals surface area contributed by atoms with Crippen LogP contribution in [0.15, 0.2) is 9.50 Å². The van der Waals surface area contributed by atoms with E-state index < -0.39 is 4.33 Å². The van der Waals surface area contributed by atoms with Crippen LogP contribution in [0.5, 0.6) is 0 Å². The van der Waals surface area contributed by atoms with Crippen molar-refractivity contribution in [3.05, 3.63) is 0 Å². The second-order valence-corrected chi connectivity index (χ2v) is 7.35. The molecule has 78 valence electrons. The van der Waals surface area contributed by atoms with E-state index in [1.165, 1.54) is 11.5 Å². The van der Waals surface area contributed by atoms with Crippen LogP contribution in [-0.2, 0) is 0 Å². The van der Waals surface area contributed by atoms with Crippen molar-refractivity contribution in [2.75, 3.05) is 12.0 Å². The Morgan fingerprint density at radius 1 is 1.64 bits per heavy atom. The van der Waals surface area contributed by atoms with E-state index in [0.29, 0.717) is 5.92 Å². The minimum Gasteiger partial charge on any atom is -0.203 e. The van der Waals surface area contributed by atoms with Gasteiger partial charge in [-0.3, -0.25) is 0 Å². The highest BCUT2D eigenvalue weighted by Crippen LogP contribution is 2.54. The van der Waals surface area contributed by atoms with Crippen molar-refractivity contribution in [2.24, 2.45) is 5.92 Å². The summed E-state index contributed by atoms with van der Waals surface area (Å²) in [5, 5.41) is 0.844. The van der Waals surface area contributed by atoms with Crippen LogP contribution in [0.2, 0.25) is 0 Å². The topological polar surface area (TPSA) is 25.8 Å². The zero-order chi connectivity index (χ0) is 10.2. The Morgan fingerprint density at radius 3 is 2.86 bits per heavy atom. The lowest BCUT2D eigenvalue weighted by Gasteiger charge is -1.96. The fourth-order valence-corrected chi connectivity index (χ4v) is 4.13. The lowest BCUT2D eigenvalue weighted by molar-refractivity contribution is 0.971. The van der Waals surface area contributed by atoms with Gasteiger partial charge in [-0.05, 0) is 24.2 Å². The van der Waals surface area contributed by atoms with Crippen molar-refractivity contribution in [3.8, 4) is 0 Å². The molecule has 7 heteroatoms. The molecule has 0 unspecified atom stereocenters. The molecule has 0 aromatic carbocycles. The fourth-order valence-electron chi connectivity index (χ4n) is 0.961. The molecule has 2 rings (SSSR count). The molecule has 0 radical (unpaired) electrons. The largest absolute Gasteiger partial charge is 0.203 e. The average Bonchev–Trinajstić information content (AvgIpc) is 2.62. The summed E-state index contributed by atoms with van der Waals surface area (Å²) in [6.07, 6.45) is 2.87. The molecule has 1 aliphatic carbocycles. The third kappa shape index (κ3) is 2.70. The van der Waals surface area contributed by atoms with Gasteiger partial charge in [0.25, 0.3) is 0 Å². The zero-order valence-corrected chi connectivity index (χ0v) is 11.3. The number of halogens is 2. The molecule has 14 heavy (non-hydrogen) atoms. The van der Waals surface area contributed by atoms with E-state index in [-0.39, 0.29) is 0 Å². The van der Waals surface area contributed by atoms with Gasteiger partial charge in [0, 0.05) is 11.7 Å². The van der Waals surface area contributed by atoms with Crippen molar-refractivity contribution in [1.82, 2.24) is 9.36 Å². The van der Waals surface area contributed by atoms with Crippen molar-refractivity contribution in [1.29, 1.82) is 0 Å². The quantitative estimate of drug-likeness (QED) is 0.625. The Bertz CT molecular complexity index is 328. The first-order valence-electron chi connectivity index (χ1n) is 4.00. The number of thioether (sulfide) groups is 2. The first-order valence-corrected chi connectivity index (χ1v) is 7.74. The number of nitrogens with zero attached hydrogens (tertiary/aromatic N) is 2. The van der Waals surface area contributed by atoms with Gasteiger partial charge in [-0.15, -0.1) is 23.2 Å². The van der Waals surface area contributed by atoms with Crippen LogP contribution in [-0.4, -0.2) is 25.7 Å². The molecule has 1 atom stereocenters. The SMILES string of the molecule is CSc1nsc(SC[C@H]2CC2(Cl)Cl)n1. The minimum atomic E-state index is -0.472. The van der Waals surface area contributed by atoms with E-state index in [4.69, 9.17) is 23.2 Å². The summed E-state index contributed by atoms with van der Waals surface area (Å²) in [5.41, 5.74) is 0. The van der Waals surface area contributed by atoms with Crippen molar-refractivity contribution in [2.45, 2.75) is 20.3 Å². The standard InChI is InChI=1S/C7H8Cl2N2S3/c1-12-5-10-6(14-11-5)13-3-4-2-7(4,8)9/h4H,2-3H2,1H3/t4-/m1/s1. The maximum atomic E-state index is 5.92. The van der Waals surface area contributed by atoms with Gasteiger partial charge >= 0.3 is 0 Å². The lowest BCUT2D eigenvalue weighted by Crippen LogP contribution is -1.92. The Morgan fingerprint density at radius 2 is 2.36 bits per heavy atom. The molecule has 0 amide bonds. The van der Waals surface area contributed by atoms with Crippen LogP contribution in [0.1, 0.15) is 6.42 Å². The van der Waals surface area contributed by atoms with Gasteiger partial charge in [-0.2, -0.15) is 4.37 Å². The number of aromatic nitrogens is 2. The summed E-state index contributed by atoms with van der Waals surface area (Å²) in [4.78, 5) is 4.32. The molecular formula is C7H8Cl2N2S3. The van der Waals surface area contributed by atoms with E-state index in [2.05, 4.69) is 9.36 Å². The highest BCUT2D eigenvalue weighted by Gasteiger charge is 2.51. The van der Waals surface area contributed by atoms with Crippen LogP contribution in [0, 0.1) is 5.92 Å². The summed E-state index contributed by atoms with van der Waals surface area (Å²) < 4.78 is 4.71. The monoisotopic (exact) mass is 286 g/mol. The van der Waals surface area contributed by atoms with Gasteiger partial charge in [-0.25, -0.2) is 4.98 Å². The molecule has 1 aliphatic rings. The third-order valence-corrected chi connectivity index (χ3v) is 5.52. The second-order valence-electron chi connectivity index (χ2n) is 3.02. The van der Waals surface area contributed by atoms with E-state index in [0.717, 1.165) is 21.7 Å². The molecule has 0 aliphatic heterocycles. The zero-order valence-electron chi connectivity index (χ0n) is 7.37. The Balaban J connectivity index is 1.81. The molecule has 0 N–H and O–H groups in total. The van der Waals surface area contributed by atoms with Crippen LogP contribution in [0.3, 0.4) is 0 Å². The first kappa shape index (κ1) is 11.3. The molecule has 2 nitrogen and oxygen atoms in total. The number of alkyl halides is 2. The van der Waals surface area contributed by atoms with Gasteiger partial charge in [-0.1, -0.05) is 23.5 Å². The molecule has 1 fully saturated rings. The molecule has 1 aromatic rings. The van der Waals surface area contributed by atoms with E-state index >= 15 is 0 Å². The highest BCUT2D eigenvalue weighted by atomic mass is 35.5. The maximum Gasteiger partial charge on any atom is 0.200 e. The van der Waals surface area contributed by atoms with Crippen LogP contribution >= 0.6 is 58.3 Å². The number of hydrogen-bond donors (Lipinski definition) is 0. The summed E-state index contributed by atoms with van der Waals surface area (Å²) >= 11 is 16.5. The summed E-state index contributed by atoms with van der Waals surface area (Å²) in [6, 6.07) is 0. The van der Waals surface area contributed by atoms with Crippen molar-refractivity contribution >= 4 is 58.3 Å². The normalized spacial score (nSPS) is 23.8. The first-order chi connectivity index (χ1) is 6.62. The summed E-state index contributed by atoms with van der Waals surface area (Å²) in [6.45, 7) is 0. The van der Waals surface area contributed by atoms with Gasteiger partial charge in [0.15, 0.2) is 4.34 Å². The average molecular weight is 287 g/mol. The van der Waals surface area contributed by atoms with Crippen molar-refractivity contribution in [3.63, 3.8) is 0 Å². The molecular weight excluding hydrogens is 279 g/mol. The Labute approximate surface area is 105 Å². The molecule has 1 aromatic heterocycles. The Hall–Kier alpha value is 0.840. The van der Waals surface area contributed by atoms with E-state index in [1.54, 1.807) is 23.5 Å². The molecule has 0 spiro atoms. The van der Waals surface area contributed by atoms with E-state index in [9.17, 15) is 0 Å². The maximum absolute atomic E-state index is 5.92. The third-order valence-electron chi connectivity index (χ3n) is 1.94. The second kappa shape index (κ2) is 4.37. The van der Waals surface area contributed by atoms with Crippen LogP contribution in [0.25, 0.3) is 0 Å². The van der Waals surface area contributed by atoms with Gasteiger partial charge in [0.1, 0.15) is 4.33 Å². The van der Waals surface area contributed by atoms with Crippen LogP contribution in [0.4, 0.5) is 0 Å². The van der Waals surface area contributed by atoms with Gasteiger partial charge < -0.3 is 0 Å². The fraction of sp³-hybridized carbons (Fsp3) is 0.714. The summed E-state index contributed by atoms with van der Waals surface area (Å²) in [7, 11) is 0. The van der Waals surface area contributed by atoms with E-state index in [1.807, 2.05) is 6.26 Å². The molecule has 1 saturated carbocycles. The predicted molar refractivity (Wildman–Crippen MR) is 65.0 cm³/mol. The molecule has 0 bridgehead atoms. The smallest absolute Gasteiger partial charge is 0.200 e.